The molecule has 8 heteroatoms. The molecule has 0 bridgehead atoms. The van der Waals surface area contributed by atoms with Gasteiger partial charge in [-0.25, -0.2) is 8.42 Å². The molecule has 1 atom stereocenters. The minimum atomic E-state index is -3.64. The van der Waals surface area contributed by atoms with Crippen molar-refractivity contribution in [1.82, 2.24) is 4.31 Å². The van der Waals surface area contributed by atoms with Gasteiger partial charge >= 0.3 is 0 Å². The summed E-state index contributed by atoms with van der Waals surface area (Å²) in [5, 5.41) is 8.97. The van der Waals surface area contributed by atoms with Crippen LogP contribution in [0.4, 0.5) is 0 Å². The summed E-state index contributed by atoms with van der Waals surface area (Å²) < 4.78 is 36.6. The fourth-order valence-electron chi connectivity index (χ4n) is 1.99. The number of ether oxygens (including phenoxy) is 1. The zero-order valence-electron chi connectivity index (χ0n) is 10.5. The third-order valence-corrected chi connectivity index (χ3v) is 5.72. The molecule has 0 aromatic carbocycles. The molecule has 19 heavy (non-hydrogen) atoms. The average molecular weight is 354 g/mol. The molecule has 0 saturated carbocycles. The summed E-state index contributed by atoms with van der Waals surface area (Å²) in [6.07, 6.45) is 1.78. The van der Waals surface area contributed by atoms with E-state index in [1.807, 2.05) is 0 Å². The highest BCUT2D eigenvalue weighted by atomic mass is 79.9. The smallest absolute Gasteiger partial charge is 0.247 e. The highest BCUT2D eigenvalue weighted by molar-refractivity contribution is 9.10. The lowest BCUT2D eigenvalue weighted by atomic mass is 10.2. The Labute approximate surface area is 120 Å². The predicted octanol–water partition coefficient (Wildman–Crippen LogP) is 1.33. The number of rotatable bonds is 5. The number of halogens is 1. The molecule has 1 aromatic rings. The van der Waals surface area contributed by atoms with Gasteiger partial charge in [-0.2, -0.15) is 4.31 Å². The van der Waals surface area contributed by atoms with Gasteiger partial charge in [0.05, 0.1) is 6.10 Å². The van der Waals surface area contributed by atoms with E-state index in [0.29, 0.717) is 13.2 Å². The molecule has 2 heterocycles. The molecule has 0 radical (unpaired) electrons. The Bertz CT molecular complexity index is 535. The van der Waals surface area contributed by atoms with Crippen LogP contribution in [-0.4, -0.2) is 44.1 Å². The average Bonchev–Trinajstić information content (AvgIpc) is 2.98. The predicted molar refractivity (Wildman–Crippen MR) is 71.1 cm³/mol. The first-order valence-electron chi connectivity index (χ1n) is 5.92. The molecule has 1 saturated heterocycles. The number of nitrogens with zero attached hydrogens (tertiary/aromatic N) is 1. The molecule has 1 unspecified atom stereocenters. The summed E-state index contributed by atoms with van der Waals surface area (Å²) in [5.74, 6) is 0.205. The third kappa shape index (κ3) is 3.19. The van der Waals surface area contributed by atoms with Crippen LogP contribution in [0.2, 0.25) is 0 Å². The number of aliphatic hydroxyl groups is 1. The van der Waals surface area contributed by atoms with Gasteiger partial charge in [0.25, 0.3) is 0 Å². The molecule has 0 amide bonds. The number of hydrogen-bond acceptors (Lipinski definition) is 5. The number of sulfonamides is 1. The lowest BCUT2D eigenvalue weighted by Crippen LogP contribution is -2.34. The minimum Gasteiger partial charge on any atom is -0.450 e. The Morgan fingerprint density at radius 1 is 1.58 bits per heavy atom. The van der Waals surface area contributed by atoms with Gasteiger partial charge in [0.15, 0.2) is 4.67 Å². The van der Waals surface area contributed by atoms with Gasteiger partial charge in [-0.3, -0.25) is 0 Å². The SMILES string of the molecule is CN(CC1CCCO1)S(=O)(=O)c1cc(CO)oc1Br. The Kier molecular flexibility index (Phi) is 4.67. The molecule has 1 aromatic heterocycles. The van der Waals surface area contributed by atoms with Crippen molar-refractivity contribution in [3.8, 4) is 0 Å². The molecule has 2 rings (SSSR count). The van der Waals surface area contributed by atoms with Crippen molar-refractivity contribution in [1.29, 1.82) is 0 Å². The summed E-state index contributed by atoms with van der Waals surface area (Å²) in [5.41, 5.74) is 0. The molecule has 1 aliphatic rings. The van der Waals surface area contributed by atoms with E-state index in [9.17, 15) is 8.42 Å². The minimum absolute atomic E-state index is 0.0250. The summed E-state index contributed by atoms with van der Waals surface area (Å²) in [6.45, 7) is 0.653. The normalized spacial score (nSPS) is 20.3. The van der Waals surface area contributed by atoms with Crippen LogP contribution in [0.1, 0.15) is 18.6 Å². The zero-order valence-corrected chi connectivity index (χ0v) is 12.9. The Hall–Kier alpha value is -0.410. The maximum Gasteiger partial charge on any atom is 0.247 e. The molecule has 0 aliphatic carbocycles. The van der Waals surface area contributed by atoms with Crippen molar-refractivity contribution >= 4 is 26.0 Å². The lowest BCUT2D eigenvalue weighted by molar-refractivity contribution is 0.0978. The molecule has 1 N–H and O–H groups in total. The van der Waals surface area contributed by atoms with E-state index >= 15 is 0 Å². The standard InChI is InChI=1S/C11H16BrNO5S/c1-13(6-8-3-2-4-17-8)19(15,16)10-5-9(7-14)18-11(10)12/h5,8,14H,2-4,6-7H2,1H3. The largest absolute Gasteiger partial charge is 0.450 e. The van der Waals surface area contributed by atoms with E-state index < -0.39 is 10.0 Å². The third-order valence-electron chi connectivity index (χ3n) is 3.04. The van der Waals surface area contributed by atoms with Crippen molar-refractivity contribution in [2.75, 3.05) is 20.2 Å². The maximum absolute atomic E-state index is 12.4. The van der Waals surface area contributed by atoms with Gasteiger partial charge in [0.2, 0.25) is 10.0 Å². The van der Waals surface area contributed by atoms with Crippen molar-refractivity contribution in [3.05, 3.63) is 16.5 Å². The van der Waals surface area contributed by atoms with E-state index in [1.165, 1.54) is 17.4 Å². The van der Waals surface area contributed by atoms with Crippen molar-refractivity contribution < 1.29 is 22.7 Å². The second kappa shape index (κ2) is 5.92. The van der Waals surface area contributed by atoms with Crippen molar-refractivity contribution in [2.24, 2.45) is 0 Å². The highest BCUT2D eigenvalue weighted by Gasteiger charge is 2.29. The van der Waals surface area contributed by atoms with Crippen LogP contribution in [-0.2, 0) is 21.4 Å². The van der Waals surface area contributed by atoms with Crippen molar-refractivity contribution in [2.45, 2.75) is 30.4 Å². The van der Waals surface area contributed by atoms with Crippen LogP contribution < -0.4 is 0 Å². The Morgan fingerprint density at radius 2 is 2.32 bits per heavy atom. The Balaban J connectivity index is 2.17. The second-order valence-electron chi connectivity index (χ2n) is 4.43. The number of hydrogen-bond donors (Lipinski definition) is 1. The van der Waals surface area contributed by atoms with E-state index in [0.717, 1.165) is 12.8 Å². The van der Waals surface area contributed by atoms with Crippen LogP contribution in [0.15, 0.2) is 20.0 Å². The first-order valence-corrected chi connectivity index (χ1v) is 8.15. The van der Waals surface area contributed by atoms with Gasteiger partial charge in [-0.1, -0.05) is 0 Å². The van der Waals surface area contributed by atoms with E-state index in [4.69, 9.17) is 14.3 Å². The number of furan rings is 1. The van der Waals surface area contributed by atoms with Gasteiger partial charge < -0.3 is 14.3 Å². The summed E-state index contributed by atoms with van der Waals surface area (Å²) in [6, 6.07) is 1.32. The summed E-state index contributed by atoms with van der Waals surface area (Å²) >= 11 is 3.06. The second-order valence-corrected chi connectivity index (χ2v) is 7.16. The molecular weight excluding hydrogens is 338 g/mol. The first-order chi connectivity index (χ1) is 8.95. The topological polar surface area (TPSA) is 80.0 Å². The van der Waals surface area contributed by atoms with Crippen LogP contribution in [0.3, 0.4) is 0 Å². The summed E-state index contributed by atoms with van der Waals surface area (Å²) in [4.78, 5) is 0.0250. The summed E-state index contributed by atoms with van der Waals surface area (Å²) in [7, 11) is -2.14. The molecule has 108 valence electrons. The molecule has 6 nitrogen and oxygen atoms in total. The quantitative estimate of drug-likeness (QED) is 0.863. The van der Waals surface area contributed by atoms with E-state index in [2.05, 4.69) is 15.9 Å². The fraction of sp³-hybridized carbons (Fsp3) is 0.636. The van der Waals surface area contributed by atoms with E-state index in [-0.39, 0.29) is 28.0 Å². The molecule has 1 fully saturated rings. The first kappa shape index (κ1) is 15.0. The molecular formula is C11H16BrNO5S. The molecule has 1 aliphatic heterocycles. The fourth-order valence-corrected chi connectivity index (χ4v) is 4.15. The molecule has 0 spiro atoms. The number of aliphatic hydroxyl groups excluding tert-OH is 1. The van der Waals surface area contributed by atoms with Crippen molar-refractivity contribution in [3.63, 3.8) is 0 Å². The van der Waals surface area contributed by atoms with Crippen LogP contribution in [0.5, 0.6) is 0 Å². The van der Waals surface area contributed by atoms with Crippen LogP contribution >= 0.6 is 15.9 Å². The highest BCUT2D eigenvalue weighted by Crippen LogP contribution is 2.29. The van der Waals surface area contributed by atoms with Gasteiger partial charge in [-0.15, -0.1) is 0 Å². The van der Waals surface area contributed by atoms with Gasteiger partial charge in [0, 0.05) is 26.3 Å². The van der Waals surface area contributed by atoms with Gasteiger partial charge in [0.1, 0.15) is 17.3 Å². The zero-order chi connectivity index (χ0) is 14.0. The Morgan fingerprint density at radius 3 is 2.84 bits per heavy atom. The monoisotopic (exact) mass is 353 g/mol. The van der Waals surface area contributed by atoms with Crippen LogP contribution in [0.25, 0.3) is 0 Å². The number of likely N-dealkylation sites (N-methyl/N-ethyl adjacent to an activating group) is 1. The van der Waals surface area contributed by atoms with E-state index in [1.54, 1.807) is 0 Å². The lowest BCUT2D eigenvalue weighted by Gasteiger charge is -2.19. The maximum atomic E-state index is 12.4. The van der Waals surface area contributed by atoms with Crippen LogP contribution in [0, 0.1) is 0 Å². The van der Waals surface area contributed by atoms with Gasteiger partial charge in [-0.05, 0) is 28.8 Å².